The van der Waals surface area contributed by atoms with E-state index in [-0.39, 0.29) is 17.5 Å². The minimum Gasteiger partial charge on any atom is -0.378 e. The summed E-state index contributed by atoms with van der Waals surface area (Å²) in [6.07, 6.45) is 2.70. The van der Waals surface area contributed by atoms with Gasteiger partial charge in [-0.2, -0.15) is 0 Å². The Balaban J connectivity index is 1.98. The van der Waals surface area contributed by atoms with Crippen molar-refractivity contribution in [3.8, 4) is 0 Å². The van der Waals surface area contributed by atoms with Crippen molar-refractivity contribution in [3.05, 3.63) is 21.6 Å². The van der Waals surface area contributed by atoms with Gasteiger partial charge in [0.05, 0.1) is 13.2 Å². The zero-order valence-corrected chi connectivity index (χ0v) is 14.9. The molecule has 1 fully saturated rings. The summed E-state index contributed by atoms with van der Waals surface area (Å²) < 4.78 is 5.31. The van der Waals surface area contributed by atoms with Crippen LogP contribution in [0.5, 0.6) is 0 Å². The third-order valence-corrected chi connectivity index (χ3v) is 4.25. The number of aromatic amines is 1. The third-order valence-electron chi connectivity index (χ3n) is 4.25. The second-order valence-corrected chi connectivity index (χ2v) is 6.31. The highest BCUT2D eigenvalue weighted by Crippen LogP contribution is 2.11. The lowest BCUT2D eigenvalue weighted by atomic mass is 10.1. The second kappa shape index (κ2) is 8.82. The van der Waals surface area contributed by atoms with Gasteiger partial charge in [0.15, 0.2) is 0 Å². The molecule has 1 atom stereocenters. The first-order valence-corrected chi connectivity index (χ1v) is 8.73. The average molecular weight is 336 g/mol. The van der Waals surface area contributed by atoms with Gasteiger partial charge in [-0.05, 0) is 26.7 Å². The van der Waals surface area contributed by atoms with Gasteiger partial charge in [0.2, 0.25) is 11.9 Å². The molecule has 0 saturated carbocycles. The Bertz CT molecular complexity index is 608. The van der Waals surface area contributed by atoms with Gasteiger partial charge in [-0.25, -0.2) is 4.98 Å². The van der Waals surface area contributed by atoms with Gasteiger partial charge in [0.25, 0.3) is 5.56 Å². The molecule has 0 radical (unpaired) electrons. The van der Waals surface area contributed by atoms with Crippen molar-refractivity contribution in [1.82, 2.24) is 15.3 Å². The van der Waals surface area contributed by atoms with E-state index in [2.05, 4.69) is 22.2 Å². The summed E-state index contributed by atoms with van der Waals surface area (Å²) in [7, 11) is 0. The molecule has 1 amide bonds. The van der Waals surface area contributed by atoms with Crippen molar-refractivity contribution in [1.29, 1.82) is 0 Å². The standard InChI is InChI=1S/C17H28N4O3/c1-4-5-12(2)18-15(22)7-6-14-13(3)19-17(20-16(14)23)21-8-10-24-11-9-21/h12H,4-11H2,1-3H3,(H,18,22)(H,19,20,23). The van der Waals surface area contributed by atoms with Crippen LogP contribution in [0, 0.1) is 6.92 Å². The number of H-pyrrole nitrogens is 1. The van der Waals surface area contributed by atoms with Gasteiger partial charge in [0, 0.05) is 36.8 Å². The van der Waals surface area contributed by atoms with E-state index in [1.165, 1.54) is 0 Å². The molecule has 2 heterocycles. The number of aryl methyl sites for hydroxylation is 1. The van der Waals surface area contributed by atoms with Crippen LogP contribution in [-0.4, -0.2) is 48.2 Å². The number of nitrogens with zero attached hydrogens (tertiary/aromatic N) is 2. The Morgan fingerprint density at radius 2 is 2.12 bits per heavy atom. The molecule has 0 aromatic carbocycles. The van der Waals surface area contributed by atoms with Crippen molar-refractivity contribution in [2.24, 2.45) is 0 Å². The summed E-state index contributed by atoms with van der Waals surface area (Å²) in [4.78, 5) is 33.7. The number of carbonyl (C=O) groups excluding carboxylic acids is 1. The first-order valence-electron chi connectivity index (χ1n) is 8.73. The molecular formula is C17H28N4O3. The second-order valence-electron chi connectivity index (χ2n) is 6.31. The van der Waals surface area contributed by atoms with Gasteiger partial charge in [0.1, 0.15) is 0 Å². The summed E-state index contributed by atoms with van der Waals surface area (Å²) in [5.41, 5.74) is 1.12. The van der Waals surface area contributed by atoms with Crippen LogP contribution in [0.2, 0.25) is 0 Å². The Hall–Kier alpha value is -1.89. The van der Waals surface area contributed by atoms with Crippen molar-refractivity contribution >= 4 is 11.9 Å². The molecular weight excluding hydrogens is 308 g/mol. The van der Waals surface area contributed by atoms with Gasteiger partial charge in [-0.15, -0.1) is 0 Å². The highest BCUT2D eigenvalue weighted by atomic mass is 16.5. The van der Waals surface area contributed by atoms with Crippen LogP contribution in [0.4, 0.5) is 5.95 Å². The summed E-state index contributed by atoms with van der Waals surface area (Å²) in [5, 5.41) is 2.96. The van der Waals surface area contributed by atoms with E-state index in [1.54, 1.807) is 0 Å². The maximum absolute atomic E-state index is 12.4. The number of hydrogen-bond donors (Lipinski definition) is 2. The molecule has 2 N–H and O–H groups in total. The predicted octanol–water partition coefficient (Wildman–Crippen LogP) is 1.15. The molecule has 1 saturated heterocycles. The Morgan fingerprint density at radius 3 is 2.75 bits per heavy atom. The molecule has 0 bridgehead atoms. The minimum absolute atomic E-state index is 0.0213. The number of amides is 1. The van der Waals surface area contributed by atoms with Crippen LogP contribution in [-0.2, 0) is 16.0 Å². The summed E-state index contributed by atoms with van der Waals surface area (Å²) in [6, 6.07) is 0.170. The molecule has 1 aromatic rings. The van der Waals surface area contributed by atoms with Crippen LogP contribution in [0.15, 0.2) is 4.79 Å². The molecule has 24 heavy (non-hydrogen) atoms. The van der Waals surface area contributed by atoms with E-state index in [0.717, 1.165) is 25.9 Å². The normalized spacial score (nSPS) is 16.0. The zero-order chi connectivity index (χ0) is 17.5. The molecule has 1 aromatic heterocycles. The average Bonchev–Trinajstić information content (AvgIpc) is 2.55. The fraction of sp³-hybridized carbons (Fsp3) is 0.706. The molecule has 1 aliphatic heterocycles. The predicted molar refractivity (Wildman–Crippen MR) is 93.5 cm³/mol. The van der Waals surface area contributed by atoms with Crippen molar-refractivity contribution in [3.63, 3.8) is 0 Å². The van der Waals surface area contributed by atoms with Crippen molar-refractivity contribution in [2.75, 3.05) is 31.2 Å². The number of rotatable bonds is 7. The number of carbonyl (C=O) groups is 1. The molecule has 7 heteroatoms. The highest BCUT2D eigenvalue weighted by molar-refractivity contribution is 5.76. The number of hydrogen-bond acceptors (Lipinski definition) is 5. The van der Waals surface area contributed by atoms with E-state index in [9.17, 15) is 9.59 Å². The lowest BCUT2D eigenvalue weighted by molar-refractivity contribution is -0.121. The summed E-state index contributed by atoms with van der Waals surface area (Å²) >= 11 is 0. The van der Waals surface area contributed by atoms with Crippen LogP contribution < -0.4 is 15.8 Å². The fourth-order valence-corrected chi connectivity index (χ4v) is 2.91. The van der Waals surface area contributed by atoms with Gasteiger partial charge >= 0.3 is 0 Å². The fourth-order valence-electron chi connectivity index (χ4n) is 2.91. The Kier molecular flexibility index (Phi) is 6.78. The molecule has 1 aliphatic rings. The largest absolute Gasteiger partial charge is 0.378 e. The number of aromatic nitrogens is 2. The number of morpholine rings is 1. The molecule has 1 unspecified atom stereocenters. The minimum atomic E-state index is -0.154. The number of nitrogens with one attached hydrogen (secondary N) is 2. The summed E-state index contributed by atoms with van der Waals surface area (Å²) in [5.74, 6) is 0.567. The smallest absolute Gasteiger partial charge is 0.255 e. The monoisotopic (exact) mass is 336 g/mol. The molecule has 2 rings (SSSR count). The lowest BCUT2D eigenvalue weighted by Gasteiger charge is -2.27. The first kappa shape index (κ1) is 18.4. The maximum Gasteiger partial charge on any atom is 0.255 e. The topological polar surface area (TPSA) is 87.3 Å². The van der Waals surface area contributed by atoms with Crippen LogP contribution in [0.3, 0.4) is 0 Å². The molecule has 0 aliphatic carbocycles. The number of ether oxygens (including phenoxy) is 1. The third kappa shape index (κ3) is 5.06. The van der Waals surface area contributed by atoms with E-state index >= 15 is 0 Å². The van der Waals surface area contributed by atoms with Crippen LogP contribution in [0.1, 0.15) is 44.4 Å². The van der Waals surface area contributed by atoms with Gasteiger partial charge in [-0.3, -0.25) is 14.6 Å². The van der Waals surface area contributed by atoms with E-state index in [1.807, 2.05) is 18.7 Å². The van der Waals surface area contributed by atoms with E-state index < -0.39 is 0 Å². The zero-order valence-electron chi connectivity index (χ0n) is 14.9. The van der Waals surface area contributed by atoms with E-state index in [4.69, 9.17) is 4.74 Å². The first-order chi connectivity index (χ1) is 11.5. The van der Waals surface area contributed by atoms with Crippen LogP contribution >= 0.6 is 0 Å². The SMILES string of the molecule is CCCC(C)NC(=O)CCc1c(C)nc(N2CCOCC2)[nH]c1=O. The van der Waals surface area contributed by atoms with Gasteiger partial charge in [-0.1, -0.05) is 13.3 Å². The van der Waals surface area contributed by atoms with E-state index in [0.29, 0.717) is 43.3 Å². The molecule has 0 spiro atoms. The number of anilines is 1. The Morgan fingerprint density at radius 1 is 1.42 bits per heavy atom. The Labute approximate surface area is 142 Å². The quantitative estimate of drug-likeness (QED) is 0.780. The maximum atomic E-state index is 12.4. The summed E-state index contributed by atoms with van der Waals surface area (Å²) in [6.45, 7) is 8.64. The molecule has 134 valence electrons. The highest BCUT2D eigenvalue weighted by Gasteiger charge is 2.17. The van der Waals surface area contributed by atoms with Crippen molar-refractivity contribution in [2.45, 2.75) is 52.5 Å². The van der Waals surface area contributed by atoms with Crippen LogP contribution in [0.25, 0.3) is 0 Å². The lowest BCUT2D eigenvalue weighted by Crippen LogP contribution is -2.39. The molecule has 7 nitrogen and oxygen atoms in total. The van der Waals surface area contributed by atoms with Gasteiger partial charge < -0.3 is 15.0 Å². The van der Waals surface area contributed by atoms with Crippen molar-refractivity contribution < 1.29 is 9.53 Å².